The van der Waals surface area contributed by atoms with Gasteiger partial charge in [0.05, 0.1) is 6.61 Å². The van der Waals surface area contributed by atoms with Crippen molar-refractivity contribution in [3.63, 3.8) is 0 Å². The van der Waals surface area contributed by atoms with Crippen LogP contribution in [0.4, 0.5) is 0 Å². The van der Waals surface area contributed by atoms with E-state index in [2.05, 4.69) is 93.6 Å². The number of ether oxygens (including phenoxy) is 1. The van der Waals surface area contributed by atoms with E-state index in [1.165, 1.54) is 27.0 Å². The summed E-state index contributed by atoms with van der Waals surface area (Å²) in [6.45, 7) is 7.32. The van der Waals surface area contributed by atoms with E-state index in [-0.39, 0.29) is 0 Å². The average Bonchev–Trinajstić information content (AvgIpc) is 2.66. The van der Waals surface area contributed by atoms with Crippen LogP contribution < -0.4 is 20.7 Å². The molecule has 0 radical (unpaired) electrons. The quantitative estimate of drug-likeness (QED) is 0.412. The van der Waals surface area contributed by atoms with E-state index in [4.69, 9.17) is 4.74 Å². The maximum Gasteiger partial charge on any atom is 0.125 e. The number of unbranched alkanes of at least 4 members (excludes halogenated alkanes) is 1. The fourth-order valence-corrected chi connectivity index (χ4v) is 5.68. The monoisotopic (exact) mass is 362 g/mol. The molecule has 0 saturated heterocycles. The molecule has 0 fully saturated rings. The Bertz CT molecular complexity index is 765. The number of rotatable bonds is 7. The number of hydrogen-bond donors (Lipinski definition) is 0. The van der Waals surface area contributed by atoms with Crippen LogP contribution in [0, 0.1) is 13.8 Å². The zero-order valence-electron chi connectivity index (χ0n) is 15.9. The molecular formula is C24H27OP. The Balaban J connectivity index is 2.02. The summed E-state index contributed by atoms with van der Waals surface area (Å²) in [5.74, 6) is 1.05. The van der Waals surface area contributed by atoms with E-state index in [0.29, 0.717) is 0 Å². The second-order valence-corrected chi connectivity index (χ2v) is 8.84. The Morgan fingerprint density at radius 3 is 1.69 bits per heavy atom. The van der Waals surface area contributed by atoms with E-state index in [9.17, 15) is 0 Å². The lowest BCUT2D eigenvalue weighted by Gasteiger charge is -2.22. The average molecular weight is 362 g/mol. The van der Waals surface area contributed by atoms with E-state index in [1.54, 1.807) is 0 Å². The van der Waals surface area contributed by atoms with Gasteiger partial charge < -0.3 is 4.74 Å². The zero-order chi connectivity index (χ0) is 18.4. The summed E-state index contributed by atoms with van der Waals surface area (Å²) in [5, 5.41) is 4.15. The molecule has 0 aliphatic carbocycles. The number of benzene rings is 3. The third-order valence-corrected chi connectivity index (χ3v) is 6.88. The zero-order valence-corrected chi connectivity index (χ0v) is 16.8. The van der Waals surface area contributed by atoms with Crippen LogP contribution in [0.15, 0.2) is 72.8 Å². The molecule has 0 unspecified atom stereocenters. The SMILES string of the molecule is CCCCOc1c(C)cc(P(c2ccccc2)c2ccccc2)cc1C. The molecule has 0 aliphatic rings. The molecule has 0 aliphatic heterocycles. The van der Waals surface area contributed by atoms with Gasteiger partial charge in [-0.2, -0.15) is 0 Å². The third-order valence-electron chi connectivity index (χ3n) is 4.48. The summed E-state index contributed by atoms with van der Waals surface area (Å²) >= 11 is 0. The van der Waals surface area contributed by atoms with Gasteiger partial charge in [0.2, 0.25) is 0 Å². The highest BCUT2D eigenvalue weighted by atomic mass is 31.1. The Morgan fingerprint density at radius 1 is 0.731 bits per heavy atom. The molecule has 0 spiro atoms. The molecule has 0 aromatic heterocycles. The van der Waals surface area contributed by atoms with Crippen molar-refractivity contribution >= 4 is 23.8 Å². The predicted molar refractivity (Wildman–Crippen MR) is 115 cm³/mol. The van der Waals surface area contributed by atoms with Crippen molar-refractivity contribution in [3.05, 3.63) is 83.9 Å². The van der Waals surface area contributed by atoms with Crippen LogP contribution in [-0.2, 0) is 0 Å². The van der Waals surface area contributed by atoms with Crippen LogP contribution in [0.2, 0.25) is 0 Å². The summed E-state index contributed by atoms with van der Waals surface area (Å²) < 4.78 is 6.06. The summed E-state index contributed by atoms with van der Waals surface area (Å²) in [7, 11) is -0.562. The fourth-order valence-electron chi connectivity index (χ4n) is 3.20. The van der Waals surface area contributed by atoms with Gasteiger partial charge in [0, 0.05) is 0 Å². The lowest BCUT2D eigenvalue weighted by atomic mass is 10.1. The molecule has 0 atom stereocenters. The predicted octanol–water partition coefficient (Wildman–Crippen LogP) is 5.24. The van der Waals surface area contributed by atoms with Crippen LogP contribution >= 0.6 is 7.92 Å². The molecule has 1 nitrogen and oxygen atoms in total. The van der Waals surface area contributed by atoms with Gasteiger partial charge in [0.1, 0.15) is 5.75 Å². The molecule has 3 rings (SSSR count). The maximum atomic E-state index is 6.06. The van der Waals surface area contributed by atoms with Crippen molar-refractivity contribution in [2.45, 2.75) is 33.6 Å². The van der Waals surface area contributed by atoms with E-state index < -0.39 is 7.92 Å². The van der Waals surface area contributed by atoms with Gasteiger partial charge in [-0.25, -0.2) is 0 Å². The summed E-state index contributed by atoms with van der Waals surface area (Å²) in [5.41, 5.74) is 2.46. The van der Waals surface area contributed by atoms with Crippen LogP contribution in [0.3, 0.4) is 0 Å². The van der Waals surface area contributed by atoms with Gasteiger partial charge in [0.25, 0.3) is 0 Å². The second kappa shape index (κ2) is 9.01. The minimum atomic E-state index is -0.562. The fraction of sp³-hybridized carbons (Fsp3) is 0.250. The second-order valence-electron chi connectivity index (χ2n) is 6.62. The number of hydrogen-bond acceptors (Lipinski definition) is 1. The largest absolute Gasteiger partial charge is 0.493 e. The topological polar surface area (TPSA) is 9.23 Å². The van der Waals surface area contributed by atoms with Gasteiger partial charge in [-0.05, 0) is 67.4 Å². The molecule has 26 heavy (non-hydrogen) atoms. The van der Waals surface area contributed by atoms with Crippen LogP contribution in [-0.4, -0.2) is 6.61 Å². The smallest absolute Gasteiger partial charge is 0.125 e. The first-order valence-corrected chi connectivity index (χ1v) is 10.7. The highest BCUT2D eigenvalue weighted by Gasteiger charge is 2.18. The van der Waals surface area contributed by atoms with Crippen molar-refractivity contribution in [3.8, 4) is 5.75 Å². The molecule has 0 saturated carbocycles. The molecule has 2 heteroatoms. The lowest BCUT2D eigenvalue weighted by Crippen LogP contribution is -2.21. The van der Waals surface area contributed by atoms with Gasteiger partial charge in [-0.15, -0.1) is 0 Å². The molecule has 0 N–H and O–H groups in total. The molecule has 3 aromatic rings. The maximum absolute atomic E-state index is 6.06. The van der Waals surface area contributed by atoms with E-state index in [0.717, 1.165) is 25.2 Å². The minimum absolute atomic E-state index is 0.562. The molecule has 0 bridgehead atoms. The summed E-state index contributed by atoms with van der Waals surface area (Å²) in [6.07, 6.45) is 2.25. The van der Waals surface area contributed by atoms with E-state index in [1.807, 2.05) is 0 Å². The summed E-state index contributed by atoms with van der Waals surface area (Å²) in [6, 6.07) is 26.3. The van der Waals surface area contributed by atoms with Crippen LogP contribution in [0.25, 0.3) is 0 Å². The van der Waals surface area contributed by atoms with Crippen molar-refractivity contribution in [2.75, 3.05) is 6.61 Å². The van der Waals surface area contributed by atoms with Crippen molar-refractivity contribution in [2.24, 2.45) is 0 Å². The Morgan fingerprint density at radius 2 is 1.23 bits per heavy atom. The highest BCUT2D eigenvalue weighted by molar-refractivity contribution is 7.79. The Labute approximate surface area is 158 Å². The normalized spacial score (nSPS) is 10.9. The van der Waals surface area contributed by atoms with Gasteiger partial charge in [-0.3, -0.25) is 0 Å². The van der Waals surface area contributed by atoms with Crippen molar-refractivity contribution in [1.29, 1.82) is 0 Å². The van der Waals surface area contributed by atoms with Crippen LogP contribution in [0.5, 0.6) is 5.75 Å². The number of aryl methyl sites for hydroxylation is 2. The third kappa shape index (κ3) is 4.34. The summed E-state index contributed by atoms with van der Waals surface area (Å²) in [4.78, 5) is 0. The standard InChI is InChI=1S/C24H27OP/c1-4-5-16-25-24-19(2)17-23(18-20(24)3)26(21-12-8-6-9-13-21)22-14-10-7-11-15-22/h6-15,17-18H,4-5,16H2,1-3H3. The van der Waals surface area contributed by atoms with Gasteiger partial charge >= 0.3 is 0 Å². The van der Waals surface area contributed by atoms with Crippen LogP contribution in [0.1, 0.15) is 30.9 Å². The van der Waals surface area contributed by atoms with Crippen molar-refractivity contribution in [1.82, 2.24) is 0 Å². The minimum Gasteiger partial charge on any atom is -0.493 e. The molecular weight excluding hydrogens is 335 g/mol. The first kappa shape index (κ1) is 18.7. The first-order chi connectivity index (χ1) is 12.7. The molecule has 3 aromatic carbocycles. The molecule has 134 valence electrons. The molecule has 0 heterocycles. The first-order valence-electron chi connectivity index (χ1n) is 9.35. The van der Waals surface area contributed by atoms with E-state index >= 15 is 0 Å². The van der Waals surface area contributed by atoms with Gasteiger partial charge in [0.15, 0.2) is 0 Å². The lowest BCUT2D eigenvalue weighted by molar-refractivity contribution is 0.305. The Hall–Kier alpha value is -2.11. The Kier molecular flexibility index (Phi) is 6.47. The van der Waals surface area contributed by atoms with Crippen molar-refractivity contribution < 1.29 is 4.74 Å². The molecule has 0 amide bonds. The van der Waals surface area contributed by atoms with Gasteiger partial charge in [-0.1, -0.05) is 74.0 Å². The highest BCUT2D eigenvalue weighted by Crippen LogP contribution is 2.35.